The highest BCUT2D eigenvalue weighted by Gasteiger charge is 2.57. The Kier molecular flexibility index (Phi) is 3.42. The fourth-order valence-electron chi connectivity index (χ4n) is 2.95. The maximum atomic E-state index is 12.6. The monoisotopic (exact) mass is 296 g/mol. The number of carbonyl (C=O) groups is 2. The van der Waals surface area contributed by atoms with Crippen LogP contribution in [0.2, 0.25) is 0 Å². The van der Waals surface area contributed by atoms with E-state index in [9.17, 15) is 14.7 Å². The Labute approximate surface area is 128 Å². The molecule has 1 heterocycles. The first-order chi connectivity index (χ1) is 10.6. The minimum Gasteiger partial charge on any atom is -0.385 e. The lowest BCUT2D eigenvalue weighted by atomic mass is 9.80. The van der Waals surface area contributed by atoms with E-state index in [1.54, 1.807) is 48.5 Å². The fraction of sp³-hybridized carbons (Fsp3) is 0.176. The van der Waals surface area contributed by atoms with Crippen LogP contribution in [0.15, 0.2) is 60.7 Å². The summed E-state index contributed by atoms with van der Waals surface area (Å²) in [7, 11) is 1.51. The number of amides is 3. The summed E-state index contributed by atoms with van der Waals surface area (Å²) in [5.74, 6) is -0.525. The van der Waals surface area contributed by atoms with Gasteiger partial charge < -0.3 is 10.0 Å². The third-order valence-corrected chi connectivity index (χ3v) is 4.13. The summed E-state index contributed by atoms with van der Waals surface area (Å²) in [5.41, 5.74) is -0.333. The van der Waals surface area contributed by atoms with E-state index in [0.29, 0.717) is 11.1 Å². The van der Waals surface area contributed by atoms with Gasteiger partial charge in [-0.1, -0.05) is 60.7 Å². The molecular formula is C17H16N2O3. The van der Waals surface area contributed by atoms with Crippen LogP contribution in [-0.2, 0) is 10.3 Å². The highest BCUT2D eigenvalue weighted by atomic mass is 16.3. The molecule has 5 heteroatoms. The van der Waals surface area contributed by atoms with Crippen molar-refractivity contribution >= 4 is 11.9 Å². The van der Waals surface area contributed by atoms with E-state index in [1.165, 1.54) is 11.9 Å². The van der Waals surface area contributed by atoms with E-state index in [1.807, 2.05) is 12.1 Å². The van der Waals surface area contributed by atoms with Gasteiger partial charge in [-0.2, -0.15) is 0 Å². The second-order valence-electron chi connectivity index (χ2n) is 5.26. The third kappa shape index (κ3) is 1.90. The maximum absolute atomic E-state index is 12.6. The molecule has 2 aromatic carbocycles. The molecule has 1 aliphatic rings. The Hall–Kier alpha value is -2.66. The molecule has 5 nitrogen and oxygen atoms in total. The van der Waals surface area contributed by atoms with Crippen LogP contribution in [0.25, 0.3) is 0 Å². The summed E-state index contributed by atoms with van der Waals surface area (Å²) in [6.45, 7) is 0. The highest BCUT2D eigenvalue weighted by molar-refractivity contribution is 6.07. The van der Waals surface area contributed by atoms with Gasteiger partial charge in [-0.15, -0.1) is 0 Å². The first kappa shape index (κ1) is 14.3. The van der Waals surface area contributed by atoms with Crippen LogP contribution in [0.1, 0.15) is 17.2 Å². The zero-order chi connectivity index (χ0) is 15.7. The topological polar surface area (TPSA) is 69.6 Å². The van der Waals surface area contributed by atoms with Gasteiger partial charge >= 0.3 is 6.03 Å². The van der Waals surface area contributed by atoms with E-state index in [-0.39, 0.29) is 0 Å². The van der Waals surface area contributed by atoms with Crippen molar-refractivity contribution in [3.05, 3.63) is 71.8 Å². The number of aliphatic hydroxyl groups excluding tert-OH is 1. The van der Waals surface area contributed by atoms with Crippen molar-refractivity contribution in [3.8, 4) is 0 Å². The molecule has 0 aromatic heterocycles. The molecule has 112 valence electrons. The SMILES string of the molecule is CN1C(=O)NC(=O)C1(c1ccccc1)C(O)c1ccccc1. The van der Waals surface area contributed by atoms with Crippen molar-refractivity contribution in [2.75, 3.05) is 7.05 Å². The number of rotatable bonds is 3. The lowest BCUT2D eigenvalue weighted by Gasteiger charge is -2.37. The molecule has 0 saturated carbocycles. The second-order valence-corrected chi connectivity index (χ2v) is 5.26. The van der Waals surface area contributed by atoms with Gasteiger partial charge in [-0.25, -0.2) is 4.79 Å². The molecule has 22 heavy (non-hydrogen) atoms. The van der Waals surface area contributed by atoms with Crippen LogP contribution in [-0.4, -0.2) is 29.0 Å². The Morgan fingerprint density at radius 2 is 1.55 bits per heavy atom. The molecule has 1 saturated heterocycles. The molecule has 2 aromatic rings. The lowest BCUT2D eigenvalue weighted by Crippen LogP contribution is -2.49. The minimum absolute atomic E-state index is 0.524. The molecular weight excluding hydrogens is 280 g/mol. The number of imide groups is 1. The van der Waals surface area contributed by atoms with Gasteiger partial charge in [0.25, 0.3) is 5.91 Å². The summed E-state index contributed by atoms with van der Waals surface area (Å²) in [4.78, 5) is 25.9. The number of carbonyl (C=O) groups excluding carboxylic acids is 2. The van der Waals surface area contributed by atoms with Crippen LogP contribution >= 0.6 is 0 Å². The second kappa shape index (κ2) is 5.27. The van der Waals surface area contributed by atoms with Crippen LogP contribution in [0.4, 0.5) is 4.79 Å². The predicted octanol–water partition coefficient (Wildman–Crippen LogP) is 1.80. The number of aliphatic hydroxyl groups is 1. The highest BCUT2D eigenvalue weighted by Crippen LogP contribution is 2.42. The quantitative estimate of drug-likeness (QED) is 0.849. The van der Waals surface area contributed by atoms with Crippen molar-refractivity contribution in [2.24, 2.45) is 0 Å². The number of nitrogens with zero attached hydrogens (tertiary/aromatic N) is 1. The molecule has 0 aliphatic carbocycles. The number of hydrogen-bond donors (Lipinski definition) is 2. The predicted molar refractivity (Wildman–Crippen MR) is 80.8 cm³/mol. The zero-order valence-corrected chi connectivity index (χ0v) is 12.1. The summed E-state index contributed by atoms with van der Waals surface area (Å²) in [6.07, 6.45) is -1.17. The Balaban J connectivity index is 2.21. The van der Waals surface area contributed by atoms with Gasteiger partial charge in [0.05, 0.1) is 0 Å². The summed E-state index contributed by atoms with van der Waals surface area (Å²) < 4.78 is 0. The van der Waals surface area contributed by atoms with E-state index >= 15 is 0 Å². The standard InChI is InChI=1S/C17H16N2O3/c1-19-16(22)18-15(21)17(19,13-10-6-3-7-11-13)14(20)12-8-4-2-5-9-12/h2-11,14,20H,1H3,(H,18,21,22). The van der Waals surface area contributed by atoms with E-state index in [0.717, 1.165) is 0 Å². The van der Waals surface area contributed by atoms with Gasteiger partial charge in [0, 0.05) is 7.05 Å². The van der Waals surface area contributed by atoms with Gasteiger partial charge in [0.1, 0.15) is 6.10 Å². The molecule has 3 rings (SSSR count). The van der Waals surface area contributed by atoms with Gasteiger partial charge in [0.2, 0.25) is 0 Å². The first-order valence-electron chi connectivity index (χ1n) is 6.96. The Bertz CT molecular complexity index is 702. The van der Waals surface area contributed by atoms with Gasteiger partial charge in [-0.05, 0) is 11.1 Å². The summed E-state index contributed by atoms with van der Waals surface area (Å²) in [5, 5.41) is 13.2. The number of benzene rings is 2. The molecule has 0 spiro atoms. The number of nitrogens with one attached hydrogen (secondary N) is 1. The number of hydrogen-bond acceptors (Lipinski definition) is 3. The van der Waals surface area contributed by atoms with Crippen molar-refractivity contribution in [1.82, 2.24) is 10.2 Å². The van der Waals surface area contributed by atoms with Crippen LogP contribution in [0, 0.1) is 0 Å². The van der Waals surface area contributed by atoms with Crippen LogP contribution < -0.4 is 5.32 Å². The molecule has 2 atom stereocenters. The molecule has 2 N–H and O–H groups in total. The van der Waals surface area contributed by atoms with E-state index < -0.39 is 23.6 Å². The normalized spacial score (nSPS) is 22.5. The Morgan fingerprint density at radius 3 is 2.05 bits per heavy atom. The smallest absolute Gasteiger partial charge is 0.325 e. The molecule has 0 bridgehead atoms. The largest absolute Gasteiger partial charge is 0.385 e. The van der Waals surface area contributed by atoms with Gasteiger partial charge in [-0.3, -0.25) is 10.1 Å². The van der Waals surface area contributed by atoms with E-state index in [4.69, 9.17) is 0 Å². The molecule has 0 radical (unpaired) electrons. The maximum Gasteiger partial charge on any atom is 0.325 e. The summed E-state index contributed by atoms with van der Waals surface area (Å²) >= 11 is 0. The van der Waals surface area contributed by atoms with Crippen LogP contribution in [0.3, 0.4) is 0 Å². The summed E-state index contributed by atoms with van der Waals surface area (Å²) in [6, 6.07) is 17.2. The van der Waals surface area contributed by atoms with Crippen molar-refractivity contribution in [1.29, 1.82) is 0 Å². The lowest BCUT2D eigenvalue weighted by molar-refractivity contribution is -0.133. The van der Waals surface area contributed by atoms with Crippen molar-refractivity contribution < 1.29 is 14.7 Å². The molecule has 1 aliphatic heterocycles. The van der Waals surface area contributed by atoms with Gasteiger partial charge in [0.15, 0.2) is 5.54 Å². The molecule has 2 unspecified atom stereocenters. The third-order valence-electron chi connectivity index (χ3n) is 4.13. The first-order valence-corrected chi connectivity index (χ1v) is 6.96. The average molecular weight is 296 g/mol. The van der Waals surface area contributed by atoms with Crippen molar-refractivity contribution in [2.45, 2.75) is 11.6 Å². The van der Waals surface area contributed by atoms with Crippen molar-refractivity contribution in [3.63, 3.8) is 0 Å². The van der Waals surface area contributed by atoms with Crippen LogP contribution in [0.5, 0.6) is 0 Å². The molecule has 3 amide bonds. The zero-order valence-electron chi connectivity index (χ0n) is 12.1. The average Bonchev–Trinajstić information content (AvgIpc) is 2.79. The Morgan fingerprint density at radius 1 is 1.00 bits per heavy atom. The number of urea groups is 1. The van der Waals surface area contributed by atoms with E-state index in [2.05, 4.69) is 5.32 Å². The fourth-order valence-corrected chi connectivity index (χ4v) is 2.95. The number of likely N-dealkylation sites (N-methyl/N-ethyl adjacent to an activating group) is 1. The minimum atomic E-state index is -1.47. The molecule has 1 fully saturated rings.